The first-order chi connectivity index (χ1) is 14.5. The number of thioether (sulfide) groups is 1. The quantitative estimate of drug-likeness (QED) is 0.307. The van der Waals surface area contributed by atoms with Gasteiger partial charge in [-0.25, -0.2) is 19.0 Å². The van der Waals surface area contributed by atoms with Crippen molar-refractivity contribution in [3.05, 3.63) is 66.4 Å². The molecule has 2 aromatic heterocycles. The first-order valence-electron chi connectivity index (χ1n) is 8.74. The molecule has 154 valence electrons. The molecule has 30 heavy (non-hydrogen) atoms. The zero-order valence-corrected chi connectivity index (χ0v) is 16.4. The maximum atomic E-state index is 13.2. The van der Waals surface area contributed by atoms with Crippen molar-refractivity contribution in [1.29, 1.82) is 0 Å². The van der Waals surface area contributed by atoms with Gasteiger partial charge in [0.1, 0.15) is 17.2 Å². The Morgan fingerprint density at radius 2 is 1.87 bits per heavy atom. The minimum Gasteiger partial charge on any atom is -0.493 e. The van der Waals surface area contributed by atoms with Crippen LogP contribution in [0.4, 0.5) is 13.2 Å². The van der Waals surface area contributed by atoms with Crippen LogP contribution in [0.3, 0.4) is 0 Å². The third kappa shape index (κ3) is 4.18. The van der Waals surface area contributed by atoms with Crippen LogP contribution in [-0.2, 0) is 5.75 Å². The fourth-order valence-corrected chi connectivity index (χ4v) is 3.76. The number of hydrogen-bond donors (Lipinski definition) is 0. The van der Waals surface area contributed by atoms with Crippen LogP contribution in [0.25, 0.3) is 16.7 Å². The van der Waals surface area contributed by atoms with Crippen molar-refractivity contribution in [2.45, 2.75) is 17.4 Å². The van der Waals surface area contributed by atoms with Gasteiger partial charge in [0.25, 0.3) is 0 Å². The Bertz CT molecular complexity index is 1170. The fraction of sp³-hybridized carbons (Fsp3) is 0.150. The molecule has 0 N–H and O–H groups in total. The summed E-state index contributed by atoms with van der Waals surface area (Å²) >= 11 is 1.44. The lowest BCUT2D eigenvalue weighted by Gasteiger charge is -2.11. The molecule has 0 radical (unpaired) electrons. The number of nitrogens with zero attached hydrogens (tertiary/aromatic N) is 4. The summed E-state index contributed by atoms with van der Waals surface area (Å²) in [6.07, 6.45) is 3.09. The lowest BCUT2D eigenvalue weighted by molar-refractivity contribution is -0.0512. The van der Waals surface area contributed by atoms with Crippen molar-refractivity contribution in [1.82, 2.24) is 19.7 Å². The van der Waals surface area contributed by atoms with E-state index < -0.39 is 6.61 Å². The highest BCUT2D eigenvalue weighted by Crippen LogP contribution is 2.33. The minimum absolute atomic E-state index is 0.0220. The van der Waals surface area contributed by atoms with E-state index in [-0.39, 0.29) is 17.3 Å². The Kier molecular flexibility index (Phi) is 5.75. The van der Waals surface area contributed by atoms with Crippen LogP contribution < -0.4 is 9.47 Å². The molecule has 0 atom stereocenters. The summed E-state index contributed by atoms with van der Waals surface area (Å²) < 4.78 is 49.3. The topological polar surface area (TPSA) is 62.1 Å². The summed E-state index contributed by atoms with van der Waals surface area (Å²) in [5.41, 5.74) is 2.12. The van der Waals surface area contributed by atoms with E-state index in [1.54, 1.807) is 35.1 Å². The summed E-state index contributed by atoms with van der Waals surface area (Å²) in [5, 5.41) is 5.80. The second-order valence-electron chi connectivity index (χ2n) is 6.10. The molecule has 0 fully saturated rings. The summed E-state index contributed by atoms with van der Waals surface area (Å²) in [5.74, 6) is 0.386. The number of alkyl halides is 2. The molecule has 0 aliphatic rings. The maximum Gasteiger partial charge on any atom is 0.387 e. The van der Waals surface area contributed by atoms with Crippen LogP contribution in [0.15, 0.2) is 60.0 Å². The van der Waals surface area contributed by atoms with Crippen LogP contribution >= 0.6 is 11.8 Å². The van der Waals surface area contributed by atoms with Gasteiger partial charge in [0.05, 0.1) is 24.4 Å². The van der Waals surface area contributed by atoms with E-state index in [1.807, 2.05) is 0 Å². The number of aromatic nitrogens is 4. The van der Waals surface area contributed by atoms with E-state index in [1.165, 1.54) is 43.4 Å². The summed E-state index contributed by atoms with van der Waals surface area (Å²) in [6.45, 7) is -2.92. The zero-order valence-electron chi connectivity index (χ0n) is 15.6. The molecule has 0 aliphatic carbocycles. The Hall–Kier alpha value is -3.27. The summed E-state index contributed by atoms with van der Waals surface area (Å²) in [6, 6.07) is 10.7. The number of methoxy groups -OCH3 is 1. The van der Waals surface area contributed by atoms with E-state index in [4.69, 9.17) is 4.74 Å². The monoisotopic (exact) mass is 432 g/mol. The van der Waals surface area contributed by atoms with Crippen molar-refractivity contribution < 1.29 is 22.6 Å². The summed E-state index contributed by atoms with van der Waals surface area (Å²) in [7, 11) is 1.39. The van der Waals surface area contributed by atoms with Gasteiger partial charge in [0, 0.05) is 5.75 Å². The molecule has 0 saturated heterocycles. The molecule has 0 bridgehead atoms. The van der Waals surface area contributed by atoms with Crippen LogP contribution in [-0.4, -0.2) is 33.5 Å². The highest BCUT2D eigenvalue weighted by molar-refractivity contribution is 7.98. The standard InChI is InChI=1S/C20H15F3N4O2S/c1-28-17-8-12(2-7-16(17)29-20(22)23)10-30-19-15-9-26-27(18(15)24-11-25-19)14-5-3-13(21)4-6-14/h2-9,11,20H,10H2,1H3. The molecule has 0 spiro atoms. The van der Waals surface area contributed by atoms with Crippen molar-refractivity contribution in [3.8, 4) is 17.2 Å². The van der Waals surface area contributed by atoms with Crippen molar-refractivity contribution in [3.63, 3.8) is 0 Å². The number of rotatable bonds is 7. The second-order valence-corrected chi connectivity index (χ2v) is 7.07. The molecule has 4 rings (SSSR count). The number of fused-ring (bicyclic) bond motifs is 1. The van der Waals surface area contributed by atoms with Crippen molar-refractivity contribution in [2.75, 3.05) is 7.11 Å². The minimum atomic E-state index is -2.92. The van der Waals surface area contributed by atoms with Crippen molar-refractivity contribution >= 4 is 22.8 Å². The van der Waals surface area contributed by atoms with Crippen LogP contribution in [0.2, 0.25) is 0 Å². The third-order valence-corrected chi connectivity index (χ3v) is 5.30. The van der Waals surface area contributed by atoms with Gasteiger partial charge in [-0.1, -0.05) is 6.07 Å². The maximum absolute atomic E-state index is 13.2. The van der Waals surface area contributed by atoms with E-state index >= 15 is 0 Å². The predicted octanol–water partition coefficient (Wildman–Crippen LogP) is 4.86. The lowest BCUT2D eigenvalue weighted by Crippen LogP contribution is -2.03. The van der Waals surface area contributed by atoms with Gasteiger partial charge in [0.15, 0.2) is 17.1 Å². The first kappa shape index (κ1) is 20.0. The molecule has 2 aromatic carbocycles. The third-order valence-electron chi connectivity index (χ3n) is 4.22. The Morgan fingerprint density at radius 1 is 1.07 bits per heavy atom. The zero-order chi connectivity index (χ0) is 21.1. The molecule has 6 nitrogen and oxygen atoms in total. The Labute approximate surface area is 173 Å². The van der Waals surface area contributed by atoms with E-state index in [9.17, 15) is 13.2 Å². The number of halogens is 3. The molecule has 0 aliphatic heterocycles. The average molecular weight is 432 g/mol. The lowest BCUT2D eigenvalue weighted by atomic mass is 10.2. The number of benzene rings is 2. The molecule has 0 saturated carbocycles. The van der Waals surface area contributed by atoms with Crippen LogP contribution in [0.5, 0.6) is 11.5 Å². The van der Waals surface area contributed by atoms with Crippen molar-refractivity contribution in [2.24, 2.45) is 0 Å². The largest absolute Gasteiger partial charge is 0.493 e. The van der Waals surface area contributed by atoms with E-state index in [2.05, 4.69) is 19.8 Å². The average Bonchev–Trinajstić information content (AvgIpc) is 3.18. The molecular weight excluding hydrogens is 417 g/mol. The SMILES string of the molecule is COc1cc(CSc2ncnc3c2cnn3-c2ccc(F)cc2)ccc1OC(F)F. The molecule has 10 heteroatoms. The molecule has 2 heterocycles. The van der Waals surface area contributed by atoms with Gasteiger partial charge < -0.3 is 9.47 Å². The fourth-order valence-electron chi connectivity index (χ4n) is 2.86. The first-order valence-corrected chi connectivity index (χ1v) is 9.73. The van der Waals surface area contributed by atoms with E-state index in [0.29, 0.717) is 22.1 Å². The van der Waals surface area contributed by atoms with E-state index in [0.717, 1.165) is 10.9 Å². The molecule has 0 unspecified atom stereocenters. The van der Waals surface area contributed by atoms with Crippen LogP contribution in [0.1, 0.15) is 5.56 Å². The predicted molar refractivity (Wildman–Crippen MR) is 106 cm³/mol. The van der Waals surface area contributed by atoms with Gasteiger partial charge in [-0.05, 0) is 42.0 Å². The normalized spacial score (nSPS) is 11.2. The Balaban J connectivity index is 1.57. The molecular formula is C20H15F3N4O2S. The number of ether oxygens (including phenoxy) is 2. The Morgan fingerprint density at radius 3 is 2.60 bits per heavy atom. The highest BCUT2D eigenvalue weighted by atomic mass is 32.2. The highest BCUT2D eigenvalue weighted by Gasteiger charge is 2.14. The smallest absolute Gasteiger partial charge is 0.387 e. The second kappa shape index (κ2) is 8.62. The van der Waals surface area contributed by atoms with Gasteiger partial charge >= 0.3 is 6.61 Å². The molecule has 4 aromatic rings. The van der Waals surface area contributed by atoms with Gasteiger partial charge in [-0.15, -0.1) is 11.8 Å². The van der Waals surface area contributed by atoms with Crippen LogP contribution in [0, 0.1) is 5.82 Å². The van der Waals surface area contributed by atoms with Gasteiger partial charge in [-0.2, -0.15) is 13.9 Å². The number of hydrogen-bond acceptors (Lipinski definition) is 6. The van der Waals surface area contributed by atoms with Gasteiger partial charge in [-0.3, -0.25) is 0 Å². The molecule has 0 amide bonds. The summed E-state index contributed by atoms with van der Waals surface area (Å²) in [4.78, 5) is 8.62. The van der Waals surface area contributed by atoms with Gasteiger partial charge in [0.2, 0.25) is 0 Å².